The van der Waals surface area contributed by atoms with Crippen LogP contribution in [0.2, 0.25) is 25.1 Å². The summed E-state index contributed by atoms with van der Waals surface area (Å²) in [6, 6.07) is 44.8. The van der Waals surface area contributed by atoms with Crippen molar-refractivity contribution >= 4 is 70.2 Å². The topological polar surface area (TPSA) is 201 Å². The summed E-state index contributed by atoms with van der Waals surface area (Å²) in [5.74, 6) is -0.404. The highest BCUT2D eigenvalue weighted by molar-refractivity contribution is 6.35. The molecule has 7 aromatic rings. The van der Waals surface area contributed by atoms with Gasteiger partial charge in [0.15, 0.2) is 0 Å². The maximum atomic E-state index is 12.2. The summed E-state index contributed by atoms with van der Waals surface area (Å²) in [5, 5.41) is 3.58. The van der Waals surface area contributed by atoms with Gasteiger partial charge in [-0.25, -0.2) is 0 Å². The molecule has 0 atom stereocenters. The summed E-state index contributed by atoms with van der Waals surface area (Å²) < 4.78 is 115. The van der Waals surface area contributed by atoms with Crippen LogP contribution in [0.3, 0.4) is 0 Å². The molecule has 7 rings (SSSR count). The molecule has 0 fully saturated rings. The van der Waals surface area contributed by atoms with Crippen molar-refractivity contribution in [3.8, 4) is 11.5 Å². The van der Waals surface area contributed by atoms with E-state index in [2.05, 4.69) is 46.7 Å². The normalized spacial score (nSPS) is 11.1. The largest absolute Gasteiger partial charge is 0.573 e. The Morgan fingerprint density at radius 2 is 0.684 bits per heavy atom. The molecule has 0 saturated carbocycles. The second kappa shape index (κ2) is 54.0. The molecule has 7 aromatic carbocycles. The van der Waals surface area contributed by atoms with Crippen molar-refractivity contribution in [2.24, 2.45) is 40.1 Å². The zero-order valence-corrected chi connectivity index (χ0v) is 59.4. The number of aryl methyl sites for hydroxylation is 6. The molecule has 23 heteroatoms. The van der Waals surface area contributed by atoms with Crippen LogP contribution in [0.4, 0.5) is 39.5 Å². The molecule has 0 aliphatic heterocycles. The number of hydrogen-bond acceptors (Lipinski definition) is 9. The van der Waals surface area contributed by atoms with Crippen molar-refractivity contribution in [1.82, 2.24) is 0 Å². The highest BCUT2D eigenvalue weighted by Gasteiger charge is 2.32. The van der Waals surface area contributed by atoms with E-state index in [4.69, 9.17) is 98.1 Å². The monoisotopic (exact) mass is 1470 g/mol. The zero-order chi connectivity index (χ0) is 73.0. The lowest BCUT2D eigenvalue weighted by atomic mass is 10.1. The van der Waals surface area contributed by atoms with Crippen molar-refractivity contribution in [2.75, 3.05) is 45.8 Å². The molecule has 0 radical (unpaired) electrons. The van der Waals surface area contributed by atoms with Gasteiger partial charge in [-0.05, 0) is 285 Å². The van der Waals surface area contributed by atoms with Gasteiger partial charge in [-0.15, -0.1) is 26.3 Å². The number of rotatable bonds is 29. The molecule has 0 aliphatic carbocycles. The summed E-state index contributed by atoms with van der Waals surface area (Å²) in [6.07, 6.45) is 12.0. The number of unbranched alkanes of at least 4 members (excludes halogenated alkanes) is 5. The second-order valence-electron chi connectivity index (χ2n) is 21.9. The molecule has 98 heavy (non-hydrogen) atoms. The standard InChI is InChI=1S/C12H19N.C11H14F3NO.C11H12F3NO.C11H14F3N.C10H13Cl2N.C10H11Cl2N.C10H14ClN/c1-2-11-6-8-12(9-7-11)5-3-4-10-13;2*12-11(13,14)16-10-6-4-9(5-7-10)3-1-2-8-15;12-11(13,14)10-6-4-9(5-7-10)3-1-2-8-15;2*11-9-5-8(3-1-2-4-13)6-10(12)7-9;11-10-7-2-1-5-9(10)6-3-4-8-12/h6-9H,2-5,10,13H2,1H3;4-7H,1-3,8,15H2;1,3-7H,2,8,15H2;4-7H,1-3,8,15H2;5-7H,1-4,13H2;1,3,5-7H,2,4,13H2;1-2,5,7H,3-4,6,8,12H2/b;;3-1+;;;3-1+;. The molecule has 14 N–H and O–H groups in total. The third-order valence-corrected chi connectivity index (χ3v) is 14.9. The molecule has 0 unspecified atom stereocenters. The first-order chi connectivity index (χ1) is 46.7. The first kappa shape index (κ1) is 90.2. The first-order valence-electron chi connectivity index (χ1n) is 32.5. The number of benzene rings is 7. The van der Waals surface area contributed by atoms with E-state index >= 15 is 0 Å². The number of nitrogens with two attached hydrogens (primary N) is 7. The van der Waals surface area contributed by atoms with Gasteiger partial charge in [-0.1, -0.05) is 168 Å². The fourth-order valence-electron chi connectivity index (χ4n) is 8.55. The first-order valence-corrected chi connectivity index (χ1v) is 34.4. The van der Waals surface area contributed by atoms with Crippen molar-refractivity contribution in [1.29, 1.82) is 0 Å². The Balaban J connectivity index is 0.000000573. The van der Waals surface area contributed by atoms with Crippen LogP contribution < -0.4 is 49.6 Å². The molecule has 0 spiro atoms. The average molecular weight is 1480 g/mol. The zero-order valence-electron chi connectivity index (χ0n) is 55.6. The van der Waals surface area contributed by atoms with E-state index < -0.39 is 24.5 Å². The Bertz CT molecular complexity index is 3160. The molecule has 542 valence electrons. The van der Waals surface area contributed by atoms with Crippen LogP contribution in [0.15, 0.2) is 170 Å². The summed E-state index contributed by atoms with van der Waals surface area (Å²) in [4.78, 5) is 0. The SMILES string of the molecule is CCc1ccc(CCCCN)cc1.NCC/C=C/c1cc(Cl)cc(Cl)c1.NCC/C=C/c1ccc(OC(F)(F)F)cc1.NCCCCc1cc(Cl)cc(Cl)c1.NCCCCc1ccc(C(F)(F)F)cc1.NCCCCc1ccc(OC(F)(F)F)cc1.NCCCCc1ccccc1Cl. The lowest BCUT2D eigenvalue weighted by molar-refractivity contribution is -0.275. The second-order valence-corrected chi connectivity index (χ2v) is 24.1. The predicted molar refractivity (Wildman–Crippen MR) is 393 cm³/mol. The smallest absolute Gasteiger partial charge is 0.406 e. The minimum absolute atomic E-state index is 0.185. The molecule has 9 nitrogen and oxygen atoms in total. The van der Waals surface area contributed by atoms with E-state index in [9.17, 15) is 39.5 Å². The summed E-state index contributed by atoms with van der Waals surface area (Å²) >= 11 is 29.3. The quantitative estimate of drug-likeness (QED) is 0.0176. The number of ether oxygens (including phenoxy) is 2. The lowest BCUT2D eigenvalue weighted by Gasteiger charge is -2.09. The van der Waals surface area contributed by atoms with Crippen LogP contribution in [-0.2, 0) is 44.7 Å². The van der Waals surface area contributed by atoms with Gasteiger partial charge in [0.05, 0.1) is 5.56 Å². The molecule has 0 heterocycles. The van der Waals surface area contributed by atoms with Crippen LogP contribution in [0.25, 0.3) is 12.2 Å². The maximum Gasteiger partial charge on any atom is 0.573 e. The van der Waals surface area contributed by atoms with Gasteiger partial charge in [0.2, 0.25) is 0 Å². The summed E-state index contributed by atoms with van der Waals surface area (Å²) in [6.45, 7) is 6.97. The highest BCUT2D eigenvalue weighted by Crippen LogP contribution is 2.30. The van der Waals surface area contributed by atoms with Gasteiger partial charge in [0.1, 0.15) is 11.5 Å². The Labute approximate surface area is 599 Å². The van der Waals surface area contributed by atoms with E-state index in [1.807, 2.05) is 60.7 Å². The summed E-state index contributed by atoms with van der Waals surface area (Å²) in [7, 11) is 0. The van der Waals surface area contributed by atoms with Gasteiger partial charge >= 0.3 is 18.9 Å². The van der Waals surface area contributed by atoms with E-state index in [0.717, 1.165) is 162 Å². The van der Waals surface area contributed by atoms with E-state index in [1.165, 1.54) is 71.5 Å². The number of alkyl halides is 9. The molecule has 0 amide bonds. The Morgan fingerprint density at radius 3 is 1.05 bits per heavy atom. The molecule has 0 bridgehead atoms. The molecular formula is C75H97Cl5F9N7O2. The minimum atomic E-state index is -4.64. The van der Waals surface area contributed by atoms with Crippen LogP contribution in [0.5, 0.6) is 11.5 Å². The Hall–Kier alpha value is -5.84. The molecular weight excluding hydrogens is 1380 g/mol. The average Bonchev–Trinajstić information content (AvgIpc) is 0.950. The third-order valence-electron chi connectivity index (χ3n) is 13.6. The predicted octanol–water partition coefficient (Wildman–Crippen LogP) is 20.6. The van der Waals surface area contributed by atoms with Crippen molar-refractivity contribution in [3.63, 3.8) is 0 Å². The summed E-state index contributed by atoms with van der Waals surface area (Å²) in [5.41, 5.74) is 45.9. The van der Waals surface area contributed by atoms with Gasteiger partial charge < -0.3 is 49.6 Å². The molecule has 0 saturated heterocycles. The van der Waals surface area contributed by atoms with E-state index in [0.29, 0.717) is 46.3 Å². The maximum absolute atomic E-state index is 12.2. The van der Waals surface area contributed by atoms with E-state index in [1.54, 1.807) is 42.5 Å². The van der Waals surface area contributed by atoms with Crippen molar-refractivity contribution < 1.29 is 49.0 Å². The van der Waals surface area contributed by atoms with Gasteiger partial charge in [0.25, 0.3) is 0 Å². The lowest BCUT2D eigenvalue weighted by Crippen LogP contribution is -2.17. The molecule has 0 aliphatic rings. The van der Waals surface area contributed by atoms with Gasteiger partial charge in [-0.3, -0.25) is 0 Å². The molecule has 0 aromatic heterocycles. The van der Waals surface area contributed by atoms with Crippen molar-refractivity contribution in [3.05, 3.63) is 245 Å². The van der Waals surface area contributed by atoms with Gasteiger partial charge in [0, 0.05) is 25.1 Å². The fourth-order valence-corrected chi connectivity index (χ4v) is 9.90. The van der Waals surface area contributed by atoms with Crippen LogP contribution >= 0.6 is 58.0 Å². The third kappa shape index (κ3) is 48.0. The fraction of sp³-hybridized carbons (Fsp3) is 0.387. The highest BCUT2D eigenvalue weighted by atomic mass is 35.5. The number of hydrogen-bond donors (Lipinski definition) is 7. The number of halogens is 14. The minimum Gasteiger partial charge on any atom is -0.406 e. The van der Waals surface area contributed by atoms with Crippen LogP contribution in [0, 0.1) is 0 Å². The Kier molecular flexibility index (Phi) is 49.7. The van der Waals surface area contributed by atoms with Gasteiger partial charge in [-0.2, -0.15) is 13.2 Å². The van der Waals surface area contributed by atoms with Crippen LogP contribution in [0.1, 0.15) is 134 Å². The Morgan fingerprint density at radius 1 is 0.347 bits per heavy atom. The van der Waals surface area contributed by atoms with Crippen LogP contribution in [-0.4, -0.2) is 58.5 Å². The van der Waals surface area contributed by atoms with Crippen molar-refractivity contribution in [2.45, 2.75) is 141 Å². The van der Waals surface area contributed by atoms with E-state index in [-0.39, 0.29) is 11.5 Å².